The Morgan fingerprint density at radius 1 is 1.27 bits per heavy atom. The molecule has 0 aliphatic carbocycles. The third-order valence-electron chi connectivity index (χ3n) is 4.62. The highest BCUT2D eigenvalue weighted by molar-refractivity contribution is 6.39. The van der Waals surface area contributed by atoms with Crippen molar-refractivity contribution in [3.63, 3.8) is 0 Å². The molecule has 22 heavy (non-hydrogen) atoms. The summed E-state index contributed by atoms with van der Waals surface area (Å²) in [7, 11) is 0. The lowest BCUT2D eigenvalue weighted by molar-refractivity contribution is -0.144. The summed E-state index contributed by atoms with van der Waals surface area (Å²) in [5.41, 5.74) is 1.83. The fourth-order valence-corrected chi connectivity index (χ4v) is 2.79. The van der Waals surface area contributed by atoms with E-state index >= 15 is 0 Å². The molecular weight excluding hydrogens is 276 g/mol. The molecule has 2 amide bonds. The minimum atomic E-state index is -0.523. The number of nitrogens with one attached hydrogen (secondary N) is 1. The number of amides is 2. The third-order valence-corrected chi connectivity index (χ3v) is 4.62. The Bertz CT molecular complexity index is 534. The highest BCUT2D eigenvalue weighted by Gasteiger charge is 2.26. The van der Waals surface area contributed by atoms with Gasteiger partial charge in [0.15, 0.2) is 0 Å². The molecule has 2 rings (SSSR count). The Balaban J connectivity index is 2.04. The molecule has 1 saturated heterocycles. The second-order valence-corrected chi connectivity index (χ2v) is 6.33. The first-order valence-electron chi connectivity index (χ1n) is 8.22. The van der Waals surface area contributed by atoms with Gasteiger partial charge in [-0.1, -0.05) is 39.0 Å². The molecule has 0 bridgehead atoms. The minimum Gasteiger partial charge on any atom is -0.334 e. The van der Waals surface area contributed by atoms with Crippen LogP contribution in [0.1, 0.15) is 51.5 Å². The predicted octanol–water partition coefficient (Wildman–Crippen LogP) is 3.40. The second-order valence-electron chi connectivity index (χ2n) is 6.33. The van der Waals surface area contributed by atoms with Gasteiger partial charge in [-0.25, -0.2) is 0 Å². The largest absolute Gasteiger partial charge is 0.334 e. The molecule has 1 N–H and O–H groups in total. The number of piperidine rings is 1. The Hall–Kier alpha value is -1.84. The number of likely N-dealkylation sites (tertiary alicyclic amines) is 1. The first kappa shape index (κ1) is 16.5. The van der Waals surface area contributed by atoms with Crippen LogP contribution in [0.3, 0.4) is 0 Å². The number of rotatable bonds is 3. The number of benzene rings is 1. The van der Waals surface area contributed by atoms with E-state index in [9.17, 15) is 9.59 Å². The van der Waals surface area contributed by atoms with E-state index in [4.69, 9.17) is 0 Å². The number of carbonyl (C=O) groups is 2. The summed E-state index contributed by atoms with van der Waals surface area (Å²) in [6.45, 7) is 7.79. The molecule has 0 saturated carbocycles. The lowest BCUT2D eigenvalue weighted by Crippen LogP contribution is -2.44. The van der Waals surface area contributed by atoms with Crippen molar-refractivity contribution >= 4 is 17.5 Å². The van der Waals surface area contributed by atoms with E-state index in [-0.39, 0.29) is 0 Å². The van der Waals surface area contributed by atoms with E-state index in [1.165, 1.54) is 0 Å². The van der Waals surface area contributed by atoms with E-state index in [0.29, 0.717) is 24.9 Å². The van der Waals surface area contributed by atoms with Crippen LogP contribution in [0.5, 0.6) is 0 Å². The SMILES string of the molecule is CCC(C)c1ccccc1NC(=O)C(=O)N1CCC(C)CC1. The van der Waals surface area contributed by atoms with E-state index in [1.807, 2.05) is 24.3 Å². The molecule has 4 nitrogen and oxygen atoms in total. The minimum absolute atomic E-state index is 0.349. The first-order valence-corrected chi connectivity index (χ1v) is 8.22. The Morgan fingerprint density at radius 3 is 2.55 bits per heavy atom. The zero-order chi connectivity index (χ0) is 16.1. The van der Waals surface area contributed by atoms with Crippen LogP contribution in [0.25, 0.3) is 0 Å². The number of anilines is 1. The van der Waals surface area contributed by atoms with Gasteiger partial charge >= 0.3 is 11.8 Å². The summed E-state index contributed by atoms with van der Waals surface area (Å²) >= 11 is 0. The molecule has 0 aromatic heterocycles. The summed E-state index contributed by atoms with van der Waals surface area (Å²) in [4.78, 5) is 26.2. The number of hydrogen-bond donors (Lipinski definition) is 1. The number of hydrogen-bond acceptors (Lipinski definition) is 2. The topological polar surface area (TPSA) is 49.4 Å². The highest BCUT2D eigenvalue weighted by atomic mass is 16.2. The van der Waals surface area contributed by atoms with Crippen LogP contribution in [0.15, 0.2) is 24.3 Å². The van der Waals surface area contributed by atoms with Crippen molar-refractivity contribution in [2.45, 2.75) is 46.0 Å². The first-order chi connectivity index (χ1) is 10.5. The van der Waals surface area contributed by atoms with E-state index in [2.05, 4.69) is 26.1 Å². The van der Waals surface area contributed by atoms with Gasteiger partial charge in [0.1, 0.15) is 0 Å². The molecule has 1 heterocycles. The number of para-hydroxylation sites is 1. The van der Waals surface area contributed by atoms with Crippen LogP contribution in [-0.2, 0) is 9.59 Å². The van der Waals surface area contributed by atoms with E-state index in [0.717, 1.165) is 30.5 Å². The van der Waals surface area contributed by atoms with Crippen molar-refractivity contribution in [2.24, 2.45) is 5.92 Å². The maximum atomic E-state index is 12.3. The normalized spacial score (nSPS) is 17.1. The zero-order valence-corrected chi connectivity index (χ0v) is 13.8. The van der Waals surface area contributed by atoms with Gasteiger partial charge in [0.05, 0.1) is 0 Å². The van der Waals surface area contributed by atoms with Gasteiger partial charge in [-0.15, -0.1) is 0 Å². The van der Waals surface area contributed by atoms with Gasteiger partial charge in [-0.2, -0.15) is 0 Å². The van der Waals surface area contributed by atoms with E-state index < -0.39 is 11.8 Å². The molecule has 1 fully saturated rings. The summed E-state index contributed by atoms with van der Waals surface area (Å²) in [6, 6.07) is 7.72. The van der Waals surface area contributed by atoms with Crippen molar-refractivity contribution in [3.05, 3.63) is 29.8 Å². The average molecular weight is 302 g/mol. The Kier molecular flexibility index (Phi) is 5.58. The molecule has 1 atom stereocenters. The third kappa shape index (κ3) is 3.87. The van der Waals surface area contributed by atoms with Crippen LogP contribution in [0.4, 0.5) is 5.69 Å². The Labute approximate surface area is 132 Å². The summed E-state index contributed by atoms with van der Waals surface area (Å²) < 4.78 is 0. The van der Waals surface area contributed by atoms with Crippen molar-refractivity contribution in [1.82, 2.24) is 4.90 Å². The molecule has 1 aliphatic heterocycles. The fourth-order valence-electron chi connectivity index (χ4n) is 2.79. The molecule has 1 unspecified atom stereocenters. The molecule has 4 heteroatoms. The Morgan fingerprint density at radius 2 is 1.91 bits per heavy atom. The quantitative estimate of drug-likeness (QED) is 0.870. The number of carbonyl (C=O) groups excluding carboxylic acids is 2. The van der Waals surface area contributed by atoms with Gasteiger partial charge in [-0.05, 0) is 42.7 Å². The second kappa shape index (κ2) is 7.43. The van der Waals surface area contributed by atoms with Crippen LogP contribution in [-0.4, -0.2) is 29.8 Å². The summed E-state index contributed by atoms with van der Waals surface area (Å²) in [5, 5.41) is 2.80. The highest BCUT2D eigenvalue weighted by Crippen LogP contribution is 2.26. The van der Waals surface area contributed by atoms with Gasteiger partial charge < -0.3 is 10.2 Å². The molecule has 1 aromatic carbocycles. The fraction of sp³-hybridized carbons (Fsp3) is 0.556. The van der Waals surface area contributed by atoms with Crippen molar-refractivity contribution in [2.75, 3.05) is 18.4 Å². The van der Waals surface area contributed by atoms with E-state index in [1.54, 1.807) is 4.90 Å². The van der Waals surface area contributed by atoms with Crippen molar-refractivity contribution in [1.29, 1.82) is 0 Å². The van der Waals surface area contributed by atoms with Crippen LogP contribution in [0.2, 0.25) is 0 Å². The number of nitrogens with zero attached hydrogens (tertiary/aromatic N) is 1. The van der Waals surface area contributed by atoms with Crippen LogP contribution >= 0.6 is 0 Å². The molecule has 120 valence electrons. The molecule has 1 aromatic rings. The lowest BCUT2D eigenvalue weighted by atomic mass is 9.97. The smallest absolute Gasteiger partial charge is 0.313 e. The maximum Gasteiger partial charge on any atom is 0.313 e. The predicted molar refractivity (Wildman–Crippen MR) is 88.8 cm³/mol. The monoisotopic (exact) mass is 302 g/mol. The van der Waals surface area contributed by atoms with Crippen LogP contribution < -0.4 is 5.32 Å². The molecule has 0 spiro atoms. The van der Waals surface area contributed by atoms with Gasteiger partial charge in [0.25, 0.3) is 0 Å². The van der Waals surface area contributed by atoms with Crippen molar-refractivity contribution < 1.29 is 9.59 Å². The standard InChI is InChI=1S/C18H26N2O2/c1-4-14(3)15-7-5-6-8-16(15)19-17(21)18(22)20-11-9-13(2)10-12-20/h5-8,13-14H,4,9-12H2,1-3H3,(H,19,21). The molecule has 0 radical (unpaired) electrons. The van der Waals surface area contributed by atoms with Crippen molar-refractivity contribution in [3.8, 4) is 0 Å². The van der Waals surface area contributed by atoms with Gasteiger partial charge in [-0.3, -0.25) is 9.59 Å². The average Bonchev–Trinajstić information content (AvgIpc) is 2.54. The molecular formula is C18H26N2O2. The van der Waals surface area contributed by atoms with Gasteiger partial charge in [0.2, 0.25) is 0 Å². The maximum absolute atomic E-state index is 12.3. The van der Waals surface area contributed by atoms with Gasteiger partial charge in [0, 0.05) is 18.8 Å². The zero-order valence-electron chi connectivity index (χ0n) is 13.8. The molecule has 1 aliphatic rings. The van der Waals surface area contributed by atoms with Crippen LogP contribution in [0, 0.1) is 5.92 Å². The summed E-state index contributed by atoms with van der Waals surface area (Å²) in [6.07, 6.45) is 2.94. The lowest BCUT2D eigenvalue weighted by Gasteiger charge is -2.29. The summed E-state index contributed by atoms with van der Waals surface area (Å²) in [5.74, 6) is 0.0526.